The molecule has 4 atom stereocenters. The van der Waals surface area contributed by atoms with Gasteiger partial charge < -0.3 is 29.7 Å². The maximum absolute atomic E-state index is 12.5. The summed E-state index contributed by atoms with van der Waals surface area (Å²) in [6, 6.07) is -0.319. The highest BCUT2D eigenvalue weighted by molar-refractivity contribution is 8.03. The van der Waals surface area contributed by atoms with E-state index >= 15 is 0 Å². The molecule has 2 saturated heterocycles. The van der Waals surface area contributed by atoms with Gasteiger partial charge in [0.05, 0.1) is 29.7 Å². The SMILES string of the molecule is C[C@@H](O)[C@H]1C(=O)N2C(C(=O)[O-])=C(SC3CCN(c4nc(C(=O)N(C)C)cs4)CC3)[C@H](C)[C@H]12. The zero-order valence-electron chi connectivity index (χ0n) is 18.5. The topological polar surface area (TPSA) is 117 Å². The summed E-state index contributed by atoms with van der Waals surface area (Å²) >= 11 is 2.98. The first kappa shape index (κ1) is 23.1. The van der Waals surface area contributed by atoms with Gasteiger partial charge in [-0.15, -0.1) is 23.1 Å². The third kappa shape index (κ3) is 3.80. The molecule has 0 saturated carbocycles. The predicted molar refractivity (Wildman–Crippen MR) is 120 cm³/mol. The van der Waals surface area contributed by atoms with Gasteiger partial charge in [0.15, 0.2) is 5.13 Å². The molecule has 32 heavy (non-hydrogen) atoms. The monoisotopic (exact) mass is 479 g/mol. The highest BCUT2D eigenvalue weighted by Gasteiger charge is 2.58. The smallest absolute Gasteiger partial charge is 0.272 e. The van der Waals surface area contributed by atoms with Gasteiger partial charge in [-0.1, -0.05) is 6.92 Å². The number of anilines is 1. The van der Waals surface area contributed by atoms with E-state index in [1.807, 2.05) is 6.92 Å². The number of carbonyl (C=O) groups is 3. The molecule has 4 heterocycles. The van der Waals surface area contributed by atoms with E-state index in [2.05, 4.69) is 9.88 Å². The van der Waals surface area contributed by atoms with Crippen molar-refractivity contribution in [3.63, 3.8) is 0 Å². The minimum absolute atomic E-state index is 0.0245. The molecule has 0 radical (unpaired) electrons. The van der Waals surface area contributed by atoms with Crippen LogP contribution in [0.4, 0.5) is 5.13 Å². The normalized spacial score (nSPS) is 26.8. The molecule has 1 aromatic heterocycles. The number of piperidine rings is 1. The molecule has 0 bridgehead atoms. The molecule has 4 rings (SSSR count). The molecule has 3 aliphatic rings. The maximum atomic E-state index is 12.5. The highest BCUT2D eigenvalue weighted by Crippen LogP contribution is 2.51. The first-order chi connectivity index (χ1) is 15.1. The van der Waals surface area contributed by atoms with Crippen LogP contribution < -0.4 is 10.0 Å². The molecule has 9 nitrogen and oxygen atoms in total. The van der Waals surface area contributed by atoms with Crippen molar-refractivity contribution in [1.29, 1.82) is 0 Å². The molecule has 0 unspecified atom stereocenters. The van der Waals surface area contributed by atoms with Crippen LogP contribution in [0.5, 0.6) is 0 Å². The predicted octanol–water partition coefficient (Wildman–Crippen LogP) is 0.366. The van der Waals surface area contributed by atoms with Crippen LogP contribution in [0.25, 0.3) is 0 Å². The van der Waals surface area contributed by atoms with E-state index in [4.69, 9.17) is 0 Å². The maximum Gasteiger partial charge on any atom is 0.272 e. The Balaban J connectivity index is 1.42. The number of fused-ring (bicyclic) bond motifs is 1. The molecule has 0 aliphatic carbocycles. The second-order valence-corrected chi connectivity index (χ2v) is 11.0. The second-order valence-electron chi connectivity index (χ2n) is 8.77. The number of nitrogens with zero attached hydrogens (tertiary/aromatic N) is 4. The van der Waals surface area contributed by atoms with Gasteiger partial charge in [-0.05, 0) is 19.8 Å². The number of thiazole rings is 1. The number of carboxylic acid groups (broad SMARTS) is 1. The lowest BCUT2D eigenvalue weighted by molar-refractivity contribution is -0.301. The quantitative estimate of drug-likeness (QED) is 0.582. The van der Waals surface area contributed by atoms with Crippen molar-refractivity contribution < 1.29 is 24.6 Å². The van der Waals surface area contributed by atoms with E-state index in [9.17, 15) is 24.6 Å². The van der Waals surface area contributed by atoms with Crippen molar-refractivity contribution in [2.75, 3.05) is 32.1 Å². The lowest BCUT2D eigenvalue weighted by Crippen LogP contribution is -2.64. The molecule has 2 fully saturated rings. The van der Waals surface area contributed by atoms with E-state index in [0.717, 1.165) is 31.1 Å². The van der Waals surface area contributed by atoms with Gasteiger partial charge in [-0.25, -0.2) is 4.98 Å². The number of thioether (sulfide) groups is 1. The van der Waals surface area contributed by atoms with Gasteiger partial charge in [0.2, 0.25) is 5.91 Å². The van der Waals surface area contributed by atoms with Crippen LogP contribution in [0.15, 0.2) is 16.0 Å². The van der Waals surface area contributed by atoms with Crippen LogP contribution in [0.1, 0.15) is 37.2 Å². The number of aromatic nitrogens is 1. The third-order valence-electron chi connectivity index (χ3n) is 6.43. The molecular weight excluding hydrogens is 452 g/mol. The number of carbonyl (C=O) groups excluding carboxylic acids is 3. The van der Waals surface area contributed by atoms with Crippen LogP contribution in [0.2, 0.25) is 0 Å². The Hall–Kier alpha value is -2.11. The first-order valence-electron chi connectivity index (χ1n) is 10.7. The van der Waals surface area contributed by atoms with Gasteiger partial charge in [-0.3, -0.25) is 9.59 Å². The van der Waals surface area contributed by atoms with Crippen LogP contribution in [-0.2, 0) is 9.59 Å². The molecule has 0 spiro atoms. The fourth-order valence-electron chi connectivity index (χ4n) is 4.75. The summed E-state index contributed by atoms with van der Waals surface area (Å²) in [4.78, 5) is 46.6. The fraction of sp³-hybridized carbons (Fsp3) is 0.619. The molecule has 3 aliphatic heterocycles. The Morgan fingerprint density at radius 3 is 2.56 bits per heavy atom. The minimum Gasteiger partial charge on any atom is -0.543 e. The van der Waals surface area contributed by atoms with Gasteiger partial charge in [-0.2, -0.15) is 0 Å². The Kier molecular flexibility index (Phi) is 6.25. The van der Waals surface area contributed by atoms with Gasteiger partial charge in [0, 0.05) is 48.6 Å². The number of hydrogen-bond donors (Lipinski definition) is 1. The van der Waals surface area contributed by atoms with Crippen molar-refractivity contribution >= 4 is 46.0 Å². The first-order valence-corrected chi connectivity index (χ1v) is 12.4. The van der Waals surface area contributed by atoms with Crippen LogP contribution >= 0.6 is 23.1 Å². The summed E-state index contributed by atoms with van der Waals surface area (Å²) in [6.45, 7) is 5.00. The van der Waals surface area contributed by atoms with E-state index in [1.165, 1.54) is 32.9 Å². The van der Waals surface area contributed by atoms with Crippen LogP contribution in [0, 0.1) is 11.8 Å². The Labute approximate surface area is 195 Å². The average molecular weight is 480 g/mol. The van der Waals surface area contributed by atoms with Gasteiger partial charge in [0.25, 0.3) is 5.91 Å². The van der Waals surface area contributed by atoms with Crippen molar-refractivity contribution in [2.45, 2.75) is 44.1 Å². The van der Waals surface area contributed by atoms with Crippen molar-refractivity contribution in [3.8, 4) is 0 Å². The lowest BCUT2D eigenvalue weighted by atomic mass is 9.79. The summed E-state index contributed by atoms with van der Waals surface area (Å²) in [5, 5.41) is 24.6. The minimum atomic E-state index is -1.34. The number of hydrogen-bond acceptors (Lipinski definition) is 9. The molecular formula is C21H27N4O5S2-. The summed E-state index contributed by atoms with van der Waals surface area (Å²) in [7, 11) is 3.40. The Morgan fingerprint density at radius 1 is 1.34 bits per heavy atom. The largest absolute Gasteiger partial charge is 0.543 e. The summed E-state index contributed by atoms with van der Waals surface area (Å²) in [5.41, 5.74) is 0.417. The number of rotatable bonds is 6. The Bertz CT molecular complexity index is 967. The fourth-order valence-corrected chi connectivity index (χ4v) is 7.06. The number of carboxylic acids is 1. The van der Waals surface area contributed by atoms with E-state index in [0.29, 0.717) is 10.6 Å². The molecule has 174 valence electrons. The Morgan fingerprint density at radius 2 is 2.00 bits per heavy atom. The van der Waals surface area contributed by atoms with Crippen LogP contribution in [-0.4, -0.2) is 82.3 Å². The lowest BCUT2D eigenvalue weighted by Gasteiger charge is -2.47. The van der Waals surface area contributed by atoms with E-state index in [1.54, 1.807) is 26.4 Å². The number of aliphatic hydroxyl groups is 1. The molecule has 2 amide bonds. The number of aliphatic hydroxyl groups excluding tert-OH is 1. The average Bonchev–Trinajstić information content (AvgIpc) is 3.30. The van der Waals surface area contributed by atoms with E-state index < -0.39 is 18.0 Å². The zero-order chi connectivity index (χ0) is 23.3. The highest BCUT2D eigenvalue weighted by atomic mass is 32.2. The molecule has 1 aromatic rings. The molecule has 1 N–H and O–H groups in total. The zero-order valence-corrected chi connectivity index (χ0v) is 20.1. The van der Waals surface area contributed by atoms with Gasteiger partial charge in [0.1, 0.15) is 5.69 Å². The third-order valence-corrected chi connectivity index (χ3v) is 8.95. The summed E-state index contributed by atoms with van der Waals surface area (Å²) in [5.74, 6) is -2.51. The standard InChI is InChI=1S/C21H28N4O5S2/c1-10-15-14(11(2)26)19(28)25(15)16(20(29)30)17(10)32-12-5-7-24(8-6-12)21-22-13(9-31-21)18(27)23(3)4/h9-12,14-15,26H,5-8H2,1-4H3,(H,29,30)/p-1/t10-,11-,14-,15-/m1/s1. The summed E-state index contributed by atoms with van der Waals surface area (Å²) in [6.07, 6.45) is 0.844. The van der Waals surface area contributed by atoms with Crippen LogP contribution in [0.3, 0.4) is 0 Å². The number of β-lactam (4-membered cyclic amide) rings is 1. The molecule has 0 aromatic carbocycles. The van der Waals surface area contributed by atoms with Crippen molar-refractivity contribution in [3.05, 3.63) is 21.7 Å². The van der Waals surface area contributed by atoms with Crippen molar-refractivity contribution in [1.82, 2.24) is 14.8 Å². The second kappa shape index (κ2) is 8.68. The number of amides is 2. The summed E-state index contributed by atoms with van der Waals surface area (Å²) < 4.78 is 0. The van der Waals surface area contributed by atoms with Crippen molar-refractivity contribution in [2.24, 2.45) is 11.8 Å². The number of aliphatic carboxylic acids is 1. The molecule has 11 heteroatoms. The van der Waals surface area contributed by atoms with E-state index in [-0.39, 0.29) is 34.7 Å². The van der Waals surface area contributed by atoms with Gasteiger partial charge >= 0.3 is 0 Å².